The van der Waals surface area contributed by atoms with E-state index in [0.29, 0.717) is 28.3 Å². The van der Waals surface area contributed by atoms with Gasteiger partial charge in [0.15, 0.2) is 0 Å². The number of urea groups is 1. The molecule has 212 valence electrons. The number of nitrogens with one attached hydrogen (secondary N) is 2. The quantitative estimate of drug-likeness (QED) is 0.282. The minimum atomic E-state index is -0.950. The summed E-state index contributed by atoms with van der Waals surface area (Å²) < 4.78 is 39.4. The van der Waals surface area contributed by atoms with Crippen LogP contribution in [0.1, 0.15) is 35.3 Å². The van der Waals surface area contributed by atoms with Crippen molar-refractivity contribution in [1.82, 2.24) is 10.5 Å². The molecule has 0 saturated heterocycles. The first-order chi connectivity index (χ1) is 19.2. The molecule has 2 aromatic heterocycles. The van der Waals surface area contributed by atoms with E-state index in [1.807, 2.05) is 4.90 Å². The van der Waals surface area contributed by atoms with Gasteiger partial charge in [0.25, 0.3) is 0 Å². The van der Waals surface area contributed by atoms with Crippen molar-refractivity contribution in [2.24, 2.45) is 0 Å². The second kappa shape index (κ2) is 12.3. The molecule has 0 fully saturated rings. The van der Waals surface area contributed by atoms with Crippen LogP contribution in [0.4, 0.5) is 34.7 Å². The van der Waals surface area contributed by atoms with E-state index in [9.17, 15) is 23.2 Å². The summed E-state index contributed by atoms with van der Waals surface area (Å²) in [7, 11) is 3.01. The largest absolute Gasteiger partial charge is 0.465 e. The molecule has 0 radical (unpaired) electrons. The zero-order valence-electron chi connectivity index (χ0n) is 22.2. The molecule has 1 aliphatic heterocycles. The Bertz CT molecular complexity index is 1430. The van der Waals surface area contributed by atoms with Crippen LogP contribution in [-0.4, -0.2) is 50.4 Å². The summed E-state index contributed by atoms with van der Waals surface area (Å²) >= 11 is 1.09. The van der Waals surface area contributed by atoms with Gasteiger partial charge >= 0.3 is 18.1 Å². The number of thiophene rings is 1. The lowest BCUT2D eigenvalue weighted by molar-refractivity contribution is 0.0601. The number of ether oxygens (including phenoxy) is 2. The number of carbonyl (C=O) groups is 3. The molecule has 40 heavy (non-hydrogen) atoms. The van der Waals surface area contributed by atoms with Gasteiger partial charge in [-0.15, -0.1) is 11.3 Å². The molecule has 0 bridgehead atoms. The number of fused-ring (bicyclic) bond motifs is 3. The molecule has 1 aliphatic rings. The minimum Gasteiger partial charge on any atom is -0.465 e. The van der Waals surface area contributed by atoms with E-state index < -0.39 is 41.8 Å². The van der Waals surface area contributed by atoms with Crippen LogP contribution in [0.3, 0.4) is 0 Å². The summed E-state index contributed by atoms with van der Waals surface area (Å²) in [5, 5.41) is 2.80. The standard InChI is InChI=1S/C26H27F2N5O6S/c1-5-38-26(36)33(13-16-18(27)10-29-11-19(16)28)23-21(24(34)37-4)17-12-32(3)20-9-14(30-25(35)31-39-6-2)7-8-15(20)22(17)40-23/h7-11H,5-6,12-13H2,1-4H3,(H2,30,31,35). The number of halogens is 2. The molecule has 14 heteroatoms. The number of aromatic nitrogens is 1. The Labute approximate surface area is 232 Å². The predicted octanol–water partition coefficient (Wildman–Crippen LogP) is 5.06. The van der Waals surface area contributed by atoms with Crippen molar-refractivity contribution in [3.05, 3.63) is 58.9 Å². The lowest BCUT2D eigenvalue weighted by Crippen LogP contribution is -2.32. The molecular weight excluding hydrogens is 548 g/mol. The number of esters is 1. The first-order valence-electron chi connectivity index (χ1n) is 12.2. The van der Waals surface area contributed by atoms with Crippen molar-refractivity contribution in [2.75, 3.05) is 42.5 Å². The molecule has 1 aromatic carbocycles. The second-order valence-corrected chi connectivity index (χ2v) is 9.52. The number of benzene rings is 1. The third-order valence-electron chi connectivity index (χ3n) is 6.00. The van der Waals surface area contributed by atoms with Gasteiger partial charge in [-0.2, -0.15) is 0 Å². The number of carbonyl (C=O) groups excluding carboxylic acids is 3. The van der Waals surface area contributed by atoms with Crippen LogP contribution in [0, 0.1) is 11.6 Å². The van der Waals surface area contributed by atoms with E-state index in [1.54, 1.807) is 39.1 Å². The lowest BCUT2D eigenvalue weighted by Gasteiger charge is -2.28. The van der Waals surface area contributed by atoms with Gasteiger partial charge in [-0.25, -0.2) is 28.6 Å². The number of amides is 3. The van der Waals surface area contributed by atoms with Gasteiger partial charge in [-0.05, 0) is 32.0 Å². The molecule has 0 aliphatic carbocycles. The van der Waals surface area contributed by atoms with E-state index in [0.717, 1.165) is 34.3 Å². The number of nitrogens with zero attached hydrogens (tertiary/aromatic N) is 3. The van der Waals surface area contributed by atoms with Crippen molar-refractivity contribution in [1.29, 1.82) is 0 Å². The molecular formula is C26H27F2N5O6S. The first kappa shape index (κ1) is 28.7. The van der Waals surface area contributed by atoms with Crippen LogP contribution in [0.2, 0.25) is 0 Å². The Morgan fingerprint density at radius 1 is 1.15 bits per heavy atom. The molecule has 3 heterocycles. The summed E-state index contributed by atoms with van der Waals surface area (Å²) in [6.45, 7) is 3.31. The fourth-order valence-electron chi connectivity index (χ4n) is 4.22. The Kier molecular flexibility index (Phi) is 8.80. The number of hydrogen-bond acceptors (Lipinski definition) is 9. The number of methoxy groups -OCH3 is 1. The fraction of sp³-hybridized carbons (Fsp3) is 0.308. The van der Waals surface area contributed by atoms with E-state index in [1.165, 1.54) is 7.11 Å². The lowest BCUT2D eigenvalue weighted by atomic mass is 9.98. The zero-order valence-corrected chi connectivity index (χ0v) is 23.0. The first-order valence-corrected chi connectivity index (χ1v) is 13.0. The van der Waals surface area contributed by atoms with E-state index in [2.05, 4.69) is 15.8 Å². The molecule has 11 nitrogen and oxygen atoms in total. The average molecular weight is 576 g/mol. The van der Waals surface area contributed by atoms with Crippen molar-refractivity contribution >= 4 is 45.8 Å². The molecule has 0 atom stereocenters. The van der Waals surface area contributed by atoms with Crippen LogP contribution >= 0.6 is 11.3 Å². The Morgan fingerprint density at radius 3 is 2.52 bits per heavy atom. The maximum absolute atomic E-state index is 14.6. The van der Waals surface area contributed by atoms with E-state index in [-0.39, 0.29) is 23.7 Å². The summed E-state index contributed by atoms with van der Waals surface area (Å²) in [6, 6.07) is 4.65. The van der Waals surface area contributed by atoms with Crippen LogP contribution in [0.25, 0.3) is 10.4 Å². The highest BCUT2D eigenvalue weighted by atomic mass is 32.1. The van der Waals surface area contributed by atoms with Gasteiger partial charge in [0.1, 0.15) is 22.2 Å². The summed E-state index contributed by atoms with van der Waals surface area (Å²) in [5.41, 5.74) is 4.44. The summed E-state index contributed by atoms with van der Waals surface area (Å²) in [4.78, 5) is 50.2. The highest BCUT2D eigenvalue weighted by molar-refractivity contribution is 7.20. The van der Waals surface area contributed by atoms with Gasteiger partial charge < -0.3 is 19.7 Å². The Morgan fingerprint density at radius 2 is 1.88 bits per heavy atom. The highest BCUT2D eigenvalue weighted by Gasteiger charge is 2.35. The van der Waals surface area contributed by atoms with Crippen molar-refractivity contribution < 1.29 is 37.5 Å². The smallest absolute Gasteiger partial charge is 0.415 e. The third kappa shape index (κ3) is 5.67. The van der Waals surface area contributed by atoms with Gasteiger partial charge in [0.2, 0.25) is 0 Å². The third-order valence-corrected chi connectivity index (χ3v) is 7.28. The monoisotopic (exact) mass is 575 g/mol. The number of hydroxylamine groups is 1. The molecule has 3 aromatic rings. The number of anilines is 3. The normalized spacial score (nSPS) is 11.8. The maximum Gasteiger partial charge on any atom is 0.415 e. The molecule has 2 N–H and O–H groups in total. The minimum absolute atomic E-state index is 0.00644. The fourth-order valence-corrected chi connectivity index (χ4v) is 5.55. The van der Waals surface area contributed by atoms with Crippen LogP contribution in [0.15, 0.2) is 30.6 Å². The second-order valence-electron chi connectivity index (χ2n) is 8.53. The molecule has 3 amide bonds. The van der Waals surface area contributed by atoms with Crippen LogP contribution in [0.5, 0.6) is 0 Å². The topological polar surface area (TPSA) is 122 Å². The predicted molar refractivity (Wildman–Crippen MR) is 144 cm³/mol. The molecule has 0 spiro atoms. The van der Waals surface area contributed by atoms with Gasteiger partial charge in [0.05, 0.1) is 39.3 Å². The Balaban J connectivity index is 1.83. The Hall–Kier alpha value is -4.30. The number of pyridine rings is 1. The number of rotatable bonds is 8. The van der Waals surface area contributed by atoms with Crippen molar-refractivity contribution in [3.63, 3.8) is 0 Å². The van der Waals surface area contributed by atoms with Gasteiger partial charge in [-0.3, -0.25) is 14.7 Å². The zero-order chi connectivity index (χ0) is 29.0. The maximum atomic E-state index is 14.6. The SMILES string of the molecule is CCONC(=O)Nc1ccc2c(c1)N(C)Cc1c-2sc(N(Cc2c(F)cncc2F)C(=O)OCC)c1C(=O)OC. The van der Waals surface area contributed by atoms with E-state index >= 15 is 0 Å². The van der Waals surface area contributed by atoms with Gasteiger partial charge in [0, 0.05) is 46.5 Å². The summed E-state index contributed by atoms with van der Waals surface area (Å²) in [6.07, 6.45) is 0.789. The van der Waals surface area contributed by atoms with Crippen molar-refractivity contribution in [2.45, 2.75) is 26.9 Å². The highest BCUT2D eigenvalue weighted by Crippen LogP contribution is 2.50. The van der Waals surface area contributed by atoms with Crippen LogP contribution in [-0.2, 0) is 27.4 Å². The van der Waals surface area contributed by atoms with E-state index in [4.69, 9.17) is 14.3 Å². The average Bonchev–Trinajstić information content (AvgIpc) is 3.30. The van der Waals surface area contributed by atoms with Crippen LogP contribution < -0.4 is 20.6 Å². The molecule has 0 saturated carbocycles. The molecule has 0 unspecified atom stereocenters. The summed E-state index contributed by atoms with van der Waals surface area (Å²) in [5.74, 6) is -2.62. The molecule has 4 rings (SSSR count). The van der Waals surface area contributed by atoms with Gasteiger partial charge in [-0.1, -0.05) is 0 Å². The number of hydrogen-bond donors (Lipinski definition) is 2. The van der Waals surface area contributed by atoms with Crippen molar-refractivity contribution in [3.8, 4) is 10.4 Å².